The monoisotopic (exact) mass is 629 g/mol. The summed E-state index contributed by atoms with van der Waals surface area (Å²) in [6, 6.07) is 30.5. The van der Waals surface area contributed by atoms with Crippen molar-refractivity contribution in [2.75, 3.05) is 13.1 Å². The average Bonchev–Trinajstić information content (AvgIpc) is 3.52. The summed E-state index contributed by atoms with van der Waals surface area (Å²) in [5.41, 5.74) is 2.48. The summed E-state index contributed by atoms with van der Waals surface area (Å²) in [4.78, 5) is 29.0. The number of benzene rings is 4. The Balaban J connectivity index is 1.25. The molecule has 1 fully saturated rings. The fraction of sp³-hybridized carbons (Fsp3) is 0.297. The molecule has 0 aromatic heterocycles. The number of aliphatic hydroxyl groups excluding tert-OH is 1. The van der Waals surface area contributed by atoms with Crippen LogP contribution in [0.3, 0.4) is 0 Å². The number of hydrogen-bond acceptors (Lipinski definition) is 4. The molecule has 0 radical (unpaired) electrons. The molecular formula is C37H38F3N3O3. The van der Waals surface area contributed by atoms with E-state index in [1.807, 2.05) is 53.4 Å². The molecule has 4 aromatic carbocycles. The quantitative estimate of drug-likeness (QED) is 0.178. The number of alkyl halides is 3. The van der Waals surface area contributed by atoms with Crippen molar-refractivity contribution >= 4 is 11.8 Å². The van der Waals surface area contributed by atoms with E-state index in [0.717, 1.165) is 37.0 Å². The molecule has 46 heavy (non-hydrogen) atoms. The number of amides is 2. The van der Waals surface area contributed by atoms with Gasteiger partial charge in [-0.1, -0.05) is 84.9 Å². The maximum atomic E-state index is 13.6. The third-order valence-corrected chi connectivity index (χ3v) is 8.34. The summed E-state index contributed by atoms with van der Waals surface area (Å²) < 4.78 is 39.3. The first-order valence-corrected chi connectivity index (χ1v) is 15.5. The number of likely N-dealkylation sites (tertiary alicyclic amines) is 1. The van der Waals surface area contributed by atoms with E-state index in [2.05, 4.69) is 22.8 Å². The molecule has 3 atom stereocenters. The normalized spacial score (nSPS) is 16.2. The lowest BCUT2D eigenvalue weighted by Gasteiger charge is -2.26. The lowest BCUT2D eigenvalue weighted by Crippen LogP contribution is -2.48. The Morgan fingerprint density at radius 3 is 2.20 bits per heavy atom. The molecule has 2 amide bonds. The minimum atomic E-state index is -4.44. The molecule has 5 rings (SSSR count). The van der Waals surface area contributed by atoms with E-state index in [9.17, 15) is 27.9 Å². The summed E-state index contributed by atoms with van der Waals surface area (Å²) in [5.74, 6) is -0.553. The molecule has 1 aliphatic heterocycles. The zero-order valence-electron chi connectivity index (χ0n) is 25.4. The Labute approximate surface area is 267 Å². The first-order valence-electron chi connectivity index (χ1n) is 15.5. The molecule has 1 saturated heterocycles. The first-order chi connectivity index (χ1) is 22.2. The minimum absolute atomic E-state index is 0.0321. The molecule has 6 nitrogen and oxygen atoms in total. The number of halogens is 3. The predicted molar refractivity (Wildman–Crippen MR) is 171 cm³/mol. The van der Waals surface area contributed by atoms with Gasteiger partial charge >= 0.3 is 6.18 Å². The van der Waals surface area contributed by atoms with Gasteiger partial charge < -0.3 is 20.6 Å². The van der Waals surface area contributed by atoms with Gasteiger partial charge in [-0.3, -0.25) is 9.59 Å². The van der Waals surface area contributed by atoms with Crippen molar-refractivity contribution < 1.29 is 27.9 Å². The number of aliphatic hydroxyl groups is 1. The summed E-state index contributed by atoms with van der Waals surface area (Å²) in [6.45, 7) is 0.800. The predicted octanol–water partition coefficient (Wildman–Crippen LogP) is 6.04. The van der Waals surface area contributed by atoms with Crippen LogP contribution in [0.2, 0.25) is 0 Å². The molecular weight excluding hydrogens is 591 g/mol. The smallest absolute Gasteiger partial charge is 0.390 e. The Hall–Kier alpha value is -4.47. The van der Waals surface area contributed by atoms with Gasteiger partial charge in [-0.25, -0.2) is 0 Å². The number of nitrogens with one attached hydrogen (secondary N) is 2. The summed E-state index contributed by atoms with van der Waals surface area (Å²) >= 11 is 0. The van der Waals surface area contributed by atoms with Crippen molar-refractivity contribution in [2.24, 2.45) is 0 Å². The molecule has 240 valence electrons. The highest BCUT2D eigenvalue weighted by Crippen LogP contribution is 2.29. The van der Waals surface area contributed by atoms with Crippen molar-refractivity contribution in [3.05, 3.63) is 143 Å². The number of carbonyl (C=O) groups is 2. The average molecular weight is 630 g/mol. The van der Waals surface area contributed by atoms with Gasteiger partial charge in [0.05, 0.1) is 17.7 Å². The highest BCUT2D eigenvalue weighted by molar-refractivity contribution is 6.00. The Bertz CT molecular complexity index is 1600. The third kappa shape index (κ3) is 8.83. The van der Waals surface area contributed by atoms with Crippen LogP contribution in [0.1, 0.15) is 55.8 Å². The van der Waals surface area contributed by atoms with E-state index in [4.69, 9.17) is 0 Å². The van der Waals surface area contributed by atoms with Crippen LogP contribution in [0.25, 0.3) is 0 Å². The lowest BCUT2D eigenvalue weighted by atomic mass is 10.00. The zero-order valence-corrected chi connectivity index (χ0v) is 25.4. The maximum absolute atomic E-state index is 13.6. The molecule has 0 spiro atoms. The topological polar surface area (TPSA) is 81.7 Å². The van der Waals surface area contributed by atoms with Crippen molar-refractivity contribution in [3.8, 4) is 0 Å². The Morgan fingerprint density at radius 2 is 1.48 bits per heavy atom. The van der Waals surface area contributed by atoms with Gasteiger partial charge in [0, 0.05) is 36.8 Å². The van der Waals surface area contributed by atoms with E-state index in [-0.39, 0.29) is 25.0 Å². The van der Waals surface area contributed by atoms with Crippen molar-refractivity contribution in [2.45, 2.75) is 56.6 Å². The zero-order chi connectivity index (χ0) is 32.5. The van der Waals surface area contributed by atoms with E-state index >= 15 is 0 Å². The van der Waals surface area contributed by atoms with Gasteiger partial charge in [-0.15, -0.1) is 0 Å². The lowest BCUT2D eigenvalue weighted by molar-refractivity contribution is -0.137. The van der Waals surface area contributed by atoms with Crippen LogP contribution in [0, 0.1) is 0 Å². The van der Waals surface area contributed by atoms with Crippen LogP contribution < -0.4 is 10.6 Å². The second kappa shape index (κ2) is 15.2. The molecule has 4 aromatic rings. The minimum Gasteiger partial charge on any atom is -0.390 e. The molecule has 1 heterocycles. The van der Waals surface area contributed by atoms with E-state index in [0.29, 0.717) is 29.7 Å². The van der Waals surface area contributed by atoms with Crippen molar-refractivity contribution in [1.82, 2.24) is 15.5 Å². The van der Waals surface area contributed by atoms with Crippen molar-refractivity contribution in [3.63, 3.8) is 0 Å². The van der Waals surface area contributed by atoms with Crippen LogP contribution in [0.4, 0.5) is 13.2 Å². The van der Waals surface area contributed by atoms with Gasteiger partial charge in [0.15, 0.2) is 0 Å². The second-order valence-electron chi connectivity index (χ2n) is 11.7. The Morgan fingerprint density at radius 1 is 0.826 bits per heavy atom. The van der Waals surface area contributed by atoms with Crippen LogP contribution in [-0.4, -0.2) is 53.1 Å². The molecule has 0 unspecified atom stereocenters. The van der Waals surface area contributed by atoms with Gasteiger partial charge in [0.1, 0.15) is 0 Å². The van der Waals surface area contributed by atoms with Gasteiger partial charge in [0.2, 0.25) is 0 Å². The SMILES string of the molecule is O=C(N[C@@H](Cc1ccccc1)[C@H](O)CNCc1cccc(C(F)(F)F)c1)c1cccc(C(=O)N2CCC[C@H]2Cc2ccccc2)c1. The fourth-order valence-electron chi connectivity index (χ4n) is 5.93. The molecule has 3 N–H and O–H groups in total. The van der Waals surface area contributed by atoms with Crippen molar-refractivity contribution in [1.29, 1.82) is 0 Å². The second-order valence-corrected chi connectivity index (χ2v) is 11.7. The number of nitrogens with zero attached hydrogens (tertiary/aromatic N) is 1. The highest BCUT2D eigenvalue weighted by atomic mass is 19.4. The van der Waals surface area contributed by atoms with E-state index < -0.39 is 29.8 Å². The number of carbonyl (C=O) groups excluding carboxylic acids is 2. The highest BCUT2D eigenvalue weighted by Gasteiger charge is 2.31. The number of hydrogen-bond donors (Lipinski definition) is 3. The maximum Gasteiger partial charge on any atom is 0.416 e. The molecule has 0 saturated carbocycles. The molecule has 1 aliphatic rings. The van der Waals surface area contributed by atoms with Crippen LogP contribution in [-0.2, 0) is 25.6 Å². The van der Waals surface area contributed by atoms with Crippen LogP contribution in [0.15, 0.2) is 109 Å². The fourth-order valence-corrected chi connectivity index (χ4v) is 5.93. The van der Waals surface area contributed by atoms with E-state index in [1.165, 1.54) is 11.6 Å². The van der Waals surface area contributed by atoms with Gasteiger partial charge in [-0.05, 0) is 66.6 Å². The largest absolute Gasteiger partial charge is 0.416 e. The molecule has 9 heteroatoms. The third-order valence-electron chi connectivity index (χ3n) is 8.34. The first kappa shape index (κ1) is 32.9. The van der Waals surface area contributed by atoms with Crippen LogP contribution >= 0.6 is 0 Å². The van der Waals surface area contributed by atoms with Gasteiger partial charge in [-0.2, -0.15) is 13.2 Å². The summed E-state index contributed by atoms with van der Waals surface area (Å²) in [7, 11) is 0. The standard InChI is InChI=1S/C37H38F3N3O3/c38-37(39,40)31-17-7-14-28(20-31)24-41-25-34(44)33(22-27-12-5-2-6-13-27)42-35(45)29-15-8-16-30(23-29)36(46)43-19-9-18-32(43)21-26-10-3-1-4-11-26/h1-8,10-17,20,23,32-34,41,44H,9,18-19,21-22,24-25H2,(H,42,45)/t32-,33-,34+/m0/s1. The molecule has 0 bridgehead atoms. The van der Waals surface area contributed by atoms with Gasteiger partial charge in [0.25, 0.3) is 11.8 Å². The molecule has 0 aliphatic carbocycles. The summed E-state index contributed by atoms with van der Waals surface area (Å²) in [6.07, 6.45) is -2.56. The summed E-state index contributed by atoms with van der Waals surface area (Å²) in [5, 5.41) is 17.1. The van der Waals surface area contributed by atoms with E-state index in [1.54, 1.807) is 30.3 Å². The number of rotatable bonds is 12. The van der Waals surface area contributed by atoms with Crippen LogP contribution in [0.5, 0.6) is 0 Å². The Kier molecular flexibility index (Phi) is 10.9.